The van der Waals surface area contributed by atoms with Crippen molar-refractivity contribution in [1.29, 1.82) is 0 Å². The summed E-state index contributed by atoms with van der Waals surface area (Å²) in [5.41, 5.74) is 15.7. The van der Waals surface area contributed by atoms with Crippen LogP contribution in [0.25, 0.3) is 66.6 Å². The molecule has 0 N–H and O–H groups in total. The molecule has 0 saturated heterocycles. The van der Waals surface area contributed by atoms with Gasteiger partial charge in [0.25, 0.3) is 0 Å². The number of benzene rings is 6. The van der Waals surface area contributed by atoms with Crippen LogP contribution >= 0.6 is 0 Å². The molecule has 0 fully saturated rings. The largest absolute Gasteiger partial charge is 0.333 e. The lowest BCUT2D eigenvalue weighted by Gasteiger charge is -2.30. The summed E-state index contributed by atoms with van der Waals surface area (Å²) < 4.78 is 2.51. The lowest BCUT2D eigenvalue weighted by atomic mass is 9.79. The zero-order chi connectivity index (χ0) is 39.1. The first-order valence-corrected chi connectivity index (χ1v) is 21.1. The maximum absolute atomic E-state index is 5.39. The molecule has 0 saturated carbocycles. The molecular weight excluding hydrogens is 715 g/mol. The van der Waals surface area contributed by atoms with E-state index in [-0.39, 0.29) is 11.5 Å². The Hall–Kier alpha value is -6.97. The highest BCUT2D eigenvalue weighted by molar-refractivity contribution is 6.13. The Bertz CT molecular complexity index is 3190. The standard InChI is InChI=1S/C56H43N3/c1-56(30-13-2-14-31-56)54-36-48(55-43-19-4-3-16-37(43)28-29-49(55)57-54)39-18-15-17-38(32-39)40-33-41(58-50-24-9-5-20-44(50)45-21-6-10-25-51(45)58)35-42(34-40)59-52-26-11-7-22-46(52)47-23-8-12-27-53(47)59/h2-7,9-22,24-30,32-36,44,50H,8,23,31H2,1H3. The van der Waals surface area contributed by atoms with Gasteiger partial charge in [-0.05, 0) is 118 Å². The maximum Gasteiger partial charge on any atom is 0.0718 e. The summed E-state index contributed by atoms with van der Waals surface area (Å²) in [4.78, 5) is 7.96. The van der Waals surface area contributed by atoms with Crippen LogP contribution in [0, 0.1) is 0 Å². The number of pyridine rings is 1. The second-order valence-electron chi connectivity index (χ2n) is 16.8. The molecule has 3 aliphatic carbocycles. The van der Waals surface area contributed by atoms with Gasteiger partial charge in [0.1, 0.15) is 0 Å². The first-order valence-electron chi connectivity index (χ1n) is 21.1. The molecule has 0 bridgehead atoms. The van der Waals surface area contributed by atoms with Gasteiger partial charge in [-0.25, -0.2) is 0 Å². The molecule has 2 aromatic heterocycles. The second kappa shape index (κ2) is 13.3. The van der Waals surface area contributed by atoms with Crippen LogP contribution in [0.4, 0.5) is 11.4 Å². The SMILES string of the molecule is CC1(c2cc(-c3cccc(-c4cc(N5c6ccccc6C6C=CC=CC65)cc(-n5c6c(c7ccccc75)CCC=C6)c4)c3)c3c(ccc4ccccc43)n2)C=CC=CC1. The smallest absolute Gasteiger partial charge is 0.0718 e. The number of aromatic nitrogens is 2. The number of fused-ring (bicyclic) bond motifs is 9. The van der Waals surface area contributed by atoms with Crippen LogP contribution < -0.4 is 4.90 Å². The topological polar surface area (TPSA) is 21.1 Å². The Morgan fingerprint density at radius 1 is 0.661 bits per heavy atom. The number of hydrogen-bond donors (Lipinski definition) is 0. The number of aryl methyl sites for hydroxylation is 1. The molecule has 0 amide bonds. The van der Waals surface area contributed by atoms with Gasteiger partial charge in [0.2, 0.25) is 0 Å². The van der Waals surface area contributed by atoms with Crippen LogP contribution in [0.5, 0.6) is 0 Å². The number of allylic oxidation sites excluding steroid dienone is 7. The van der Waals surface area contributed by atoms with Crippen LogP contribution in [0.2, 0.25) is 0 Å². The monoisotopic (exact) mass is 757 g/mol. The highest BCUT2D eigenvalue weighted by atomic mass is 15.2. The molecule has 0 radical (unpaired) electrons. The number of anilines is 2. The van der Waals surface area contributed by atoms with Crippen molar-refractivity contribution in [1.82, 2.24) is 9.55 Å². The van der Waals surface area contributed by atoms with Crippen molar-refractivity contribution in [2.75, 3.05) is 4.90 Å². The van der Waals surface area contributed by atoms with E-state index >= 15 is 0 Å². The van der Waals surface area contributed by atoms with Crippen molar-refractivity contribution >= 4 is 50.0 Å². The van der Waals surface area contributed by atoms with Crippen molar-refractivity contribution in [3.8, 4) is 27.9 Å². The molecule has 12 rings (SSSR count). The van der Waals surface area contributed by atoms with E-state index in [1.54, 1.807) is 0 Å². The van der Waals surface area contributed by atoms with Crippen LogP contribution in [0.1, 0.15) is 48.2 Å². The predicted octanol–water partition coefficient (Wildman–Crippen LogP) is 14.1. The molecule has 282 valence electrons. The third kappa shape index (κ3) is 5.38. The number of rotatable bonds is 5. The Morgan fingerprint density at radius 2 is 1.49 bits per heavy atom. The zero-order valence-corrected chi connectivity index (χ0v) is 33.1. The normalized spacial score (nSPS) is 20.1. The molecule has 6 aromatic carbocycles. The van der Waals surface area contributed by atoms with Gasteiger partial charge in [-0.1, -0.05) is 147 Å². The Morgan fingerprint density at radius 3 is 2.42 bits per heavy atom. The van der Waals surface area contributed by atoms with E-state index in [0.717, 1.165) is 30.5 Å². The molecule has 4 aliphatic rings. The molecule has 3 heterocycles. The van der Waals surface area contributed by atoms with E-state index in [4.69, 9.17) is 4.98 Å². The highest BCUT2D eigenvalue weighted by Crippen LogP contribution is 2.49. The summed E-state index contributed by atoms with van der Waals surface area (Å²) in [5, 5.41) is 5.00. The van der Waals surface area contributed by atoms with E-state index < -0.39 is 0 Å². The van der Waals surface area contributed by atoms with Crippen molar-refractivity contribution in [2.24, 2.45) is 0 Å². The molecule has 3 unspecified atom stereocenters. The first-order chi connectivity index (χ1) is 29.1. The van der Waals surface area contributed by atoms with E-state index in [2.05, 4.69) is 211 Å². The summed E-state index contributed by atoms with van der Waals surface area (Å²) in [5.74, 6) is 0.301. The molecule has 3 atom stereocenters. The average Bonchev–Trinajstić information content (AvgIpc) is 3.82. The van der Waals surface area contributed by atoms with Gasteiger partial charge in [-0.3, -0.25) is 4.98 Å². The Labute approximate surface area is 345 Å². The summed E-state index contributed by atoms with van der Waals surface area (Å²) in [6.07, 6.45) is 25.8. The average molecular weight is 758 g/mol. The fraction of sp³-hybridized carbons (Fsp3) is 0.125. The van der Waals surface area contributed by atoms with Gasteiger partial charge in [-0.2, -0.15) is 0 Å². The zero-order valence-electron chi connectivity index (χ0n) is 33.1. The molecular formula is C56H43N3. The molecule has 1 aliphatic heterocycles. The highest BCUT2D eigenvalue weighted by Gasteiger charge is 2.37. The fourth-order valence-electron chi connectivity index (χ4n) is 10.4. The quantitative estimate of drug-likeness (QED) is 0.163. The van der Waals surface area contributed by atoms with Crippen molar-refractivity contribution in [3.05, 3.63) is 211 Å². The lowest BCUT2D eigenvalue weighted by molar-refractivity contribution is 0.582. The van der Waals surface area contributed by atoms with E-state index in [1.807, 2.05) is 0 Å². The van der Waals surface area contributed by atoms with Gasteiger partial charge < -0.3 is 9.47 Å². The summed E-state index contributed by atoms with van der Waals surface area (Å²) >= 11 is 0. The molecule has 3 nitrogen and oxygen atoms in total. The third-order valence-electron chi connectivity index (χ3n) is 13.3. The van der Waals surface area contributed by atoms with Crippen LogP contribution in [-0.4, -0.2) is 15.6 Å². The third-order valence-corrected chi connectivity index (χ3v) is 13.3. The van der Waals surface area contributed by atoms with Gasteiger partial charge in [-0.15, -0.1) is 0 Å². The van der Waals surface area contributed by atoms with Crippen LogP contribution in [-0.2, 0) is 11.8 Å². The number of para-hydroxylation sites is 2. The minimum absolute atomic E-state index is 0.191. The number of hydrogen-bond acceptors (Lipinski definition) is 2. The molecule has 3 heteroatoms. The lowest BCUT2D eigenvalue weighted by Crippen LogP contribution is -2.28. The van der Waals surface area contributed by atoms with E-state index in [1.165, 1.54) is 83.2 Å². The summed E-state index contributed by atoms with van der Waals surface area (Å²) in [6, 6.07) is 50.2. The Balaban J connectivity index is 1.10. The maximum atomic E-state index is 5.39. The van der Waals surface area contributed by atoms with Crippen LogP contribution in [0.3, 0.4) is 0 Å². The molecule has 8 aromatic rings. The van der Waals surface area contributed by atoms with E-state index in [0.29, 0.717) is 5.92 Å². The second-order valence-corrected chi connectivity index (χ2v) is 16.8. The number of nitrogens with zero attached hydrogens (tertiary/aromatic N) is 3. The van der Waals surface area contributed by atoms with Crippen LogP contribution in [0.15, 0.2) is 188 Å². The first kappa shape index (κ1) is 34.1. The predicted molar refractivity (Wildman–Crippen MR) is 248 cm³/mol. The summed E-state index contributed by atoms with van der Waals surface area (Å²) in [7, 11) is 0. The van der Waals surface area contributed by atoms with E-state index in [9.17, 15) is 0 Å². The van der Waals surface area contributed by atoms with Gasteiger partial charge in [0, 0.05) is 44.9 Å². The molecule has 59 heavy (non-hydrogen) atoms. The van der Waals surface area contributed by atoms with Gasteiger partial charge >= 0.3 is 0 Å². The minimum Gasteiger partial charge on any atom is -0.333 e. The van der Waals surface area contributed by atoms with Gasteiger partial charge in [0.15, 0.2) is 0 Å². The summed E-state index contributed by atoms with van der Waals surface area (Å²) in [6.45, 7) is 2.31. The molecule has 0 spiro atoms. The fourth-order valence-corrected chi connectivity index (χ4v) is 10.4. The van der Waals surface area contributed by atoms with Crippen molar-refractivity contribution in [3.63, 3.8) is 0 Å². The van der Waals surface area contributed by atoms with Crippen molar-refractivity contribution < 1.29 is 0 Å². The minimum atomic E-state index is -0.191. The van der Waals surface area contributed by atoms with Crippen molar-refractivity contribution in [2.45, 2.75) is 43.6 Å². The van der Waals surface area contributed by atoms with Gasteiger partial charge in [0.05, 0.1) is 22.8 Å². The Kier molecular flexibility index (Phi) is 7.68.